The van der Waals surface area contributed by atoms with Crippen LogP contribution in [0.3, 0.4) is 0 Å². The van der Waals surface area contributed by atoms with Crippen LogP contribution < -0.4 is 0 Å². The predicted octanol–water partition coefficient (Wildman–Crippen LogP) is 4.05. The maximum Gasteiger partial charge on any atom is 0.141 e. The molecule has 0 amide bonds. The number of imidazole rings is 1. The Labute approximate surface area is 118 Å². The summed E-state index contributed by atoms with van der Waals surface area (Å²) in [6, 6.07) is 12.0. The van der Waals surface area contributed by atoms with Crippen molar-refractivity contribution in [2.45, 2.75) is 27.3 Å². The van der Waals surface area contributed by atoms with Gasteiger partial charge in [-0.1, -0.05) is 18.2 Å². The average molecular weight is 266 g/mol. The lowest BCUT2D eigenvalue weighted by Gasteiger charge is -2.07. The highest BCUT2D eigenvalue weighted by Gasteiger charge is 2.12. The van der Waals surface area contributed by atoms with E-state index in [1.165, 1.54) is 5.56 Å². The summed E-state index contributed by atoms with van der Waals surface area (Å²) in [5.41, 5.74) is 5.17. The average Bonchev–Trinajstić information content (AvgIpc) is 2.79. The number of phenolic OH excluding ortho intramolecular Hbond substituents is 1. The fourth-order valence-electron chi connectivity index (χ4n) is 2.53. The molecule has 0 aliphatic rings. The molecule has 0 spiro atoms. The third-order valence-corrected chi connectivity index (χ3v) is 3.69. The summed E-state index contributed by atoms with van der Waals surface area (Å²) in [7, 11) is 0. The zero-order valence-electron chi connectivity index (χ0n) is 12.0. The van der Waals surface area contributed by atoms with Crippen LogP contribution in [0.25, 0.3) is 22.4 Å². The predicted molar refractivity (Wildman–Crippen MR) is 82.0 cm³/mol. The molecule has 0 aliphatic heterocycles. The zero-order valence-corrected chi connectivity index (χ0v) is 12.0. The minimum Gasteiger partial charge on any atom is -0.508 e. The fourth-order valence-corrected chi connectivity index (χ4v) is 2.53. The number of fused-ring (bicyclic) bond motifs is 1. The summed E-state index contributed by atoms with van der Waals surface area (Å²) in [4.78, 5) is 4.74. The van der Waals surface area contributed by atoms with E-state index >= 15 is 0 Å². The Hall–Kier alpha value is -2.29. The molecule has 0 unspecified atom stereocenters. The highest BCUT2D eigenvalue weighted by molar-refractivity contribution is 5.81. The van der Waals surface area contributed by atoms with E-state index in [1.807, 2.05) is 19.1 Å². The van der Waals surface area contributed by atoms with Crippen LogP contribution in [0.1, 0.15) is 18.1 Å². The number of aromatic nitrogens is 2. The lowest BCUT2D eigenvalue weighted by molar-refractivity contribution is 0.471. The van der Waals surface area contributed by atoms with Gasteiger partial charge in [0.15, 0.2) is 0 Å². The molecule has 0 saturated heterocycles. The van der Waals surface area contributed by atoms with Gasteiger partial charge in [-0.3, -0.25) is 0 Å². The molecule has 3 heteroatoms. The van der Waals surface area contributed by atoms with E-state index in [1.54, 1.807) is 6.07 Å². The summed E-state index contributed by atoms with van der Waals surface area (Å²) in [6.07, 6.45) is 0. The monoisotopic (exact) mass is 266 g/mol. The molecule has 102 valence electrons. The maximum atomic E-state index is 9.91. The van der Waals surface area contributed by atoms with Crippen molar-refractivity contribution in [1.82, 2.24) is 9.55 Å². The van der Waals surface area contributed by atoms with Gasteiger partial charge < -0.3 is 9.67 Å². The minimum absolute atomic E-state index is 0.313. The normalized spacial score (nSPS) is 11.2. The maximum absolute atomic E-state index is 9.91. The molecule has 2 aromatic carbocycles. The molecule has 0 fully saturated rings. The van der Waals surface area contributed by atoms with E-state index in [0.717, 1.165) is 34.5 Å². The Morgan fingerprint density at radius 3 is 2.60 bits per heavy atom. The van der Waals surface area contributed by atoms with Crippen molar-refractivity contribution in [3.8, 4) is 17.1 Å². The quantitative estimate of drug-likeness (QED) is 0.760. The summed E-state index contributed by atoms with van der Waals surface area (Å²) in [5.74, 6) is 1.22. The molecule has 1 aromatic heterocycles. The molecule has 0 atom stereocenters. The molecule has 1 N–H and O–H groups in total. The van der Waals surface area contributed by atoms with Crippen LogP contribution in [0.5, 0.6) is 5.75 Å². The van der Waals surface area contributed by atoms with Crippen molar-refractivity contribution >= 4 is 11.0 Å². The SMILES string of the molecule is CCn1c(-c2ccc(C)c(O)c2)nc2cc(C)ccc21. The molecule has 0 aliphatic carbocycles. The molecule has 0 radical (unpaired) electrons. The van der Waals surface area contributed by atoms with Gasteiger partial charge in [0, 0.05) is 12.1 Å². The first kappa shape index (κ1) is 12.7. The lowest BCUT2D eigenvalue weighted by atomic mass is 10.1. The van der Waals surface area contributed by atoms with Gasteiger partial charge in [0.05, 0.1) is 11.0 Å². The Morgan fingerprint density at radius 1 is 1.10 bits per heavy atom. The fraction of sp³-hybridized carbons (Fsp3) is 0.235. The van der Waals surface area contributed by atoms with Crippen LogP contribution in [0.2, 0.25) is 0 Å². The first-order chi connectivity index (χ1) is 9.60. The van der Waals surface area contributed by atoms with E-state index in [9.17, 15) is 5.11 Å². The van der Waals surface area contributed by atoms with E-state index in [4.69, 9.17) is 4.98 Å². The Morgan fingerprint density at radius 2 is 1.90 bits per heavy atom. The summed E-state index contributed by atoms with van der Waals surface area (Å²) >= 11 is 0. The van der Waals surface area contributed by atoms with Gasteiger partial charge >= 0.3 is 0 Å². The third-order valence-electron chi connectivity index (χ3n) is 3.69. The smallest absolute Gasteiger partial charge is 0.141 e. The summed E-state index contributed by atoms with van der Waals surface area (Å²) in [5, 5.41) is 9.91. The number of benzene rings is 2. The molecule has 0 bridgehead atoms. The molecule has 1 heterocycles. The Bertz CT molecular complexity index is 787. The molecule has 3 nitrogen and oxygen atoms in total. The van der Waals surface area contributed by atoms with E-state index in [0.29, 0.717) is 5.75 Å². The van der Waals surface area contributed by atoms with Gasteiger partial charge in [-0.2, -0.15) is 0 Å². The van der Waals surface area contributed by atoms with Crippen LogP contribution in [-0.4, -0.2) is 14.7 Å². The number of hydrogen-bond acceptors (Lipinski definition) is 2. The van der Waals surface area contributed by atoms with Crippen molar-refractivity contribution in [2.24, 2.45) is 0 Å². The first-order valence-electron chi connectivity index (χ1n) is 6.87. The van der Waals surface area contributed by atoms with Crippen molar-refractivity contribution in [2.75, 3.05) is 0 Å². The van der Waals surface area contributed by atoms with Gasteiger partial charge in [0.2, 0.25) is 0 Å². The molecular formula is C17H18N2O. The highest BCUT2D eigenvalue weighted by Crippen LogP contribution is 2.29. The molecule has 3 aromatic rings. The van der Waals surface area contributed by atoms with E-state index in [-0.39, 0.29) is 0 Å². The molecule has 3 rings (SSSR count). The van der Waals surface area contributed by atoms with Crippen LogP contribution in [0.15, 0.2) is 36.4 Å². The lowest BCUT2D eigenvalue weighted by Crippen LogP contribution is -1.97. The second-order valence-corrected chi connectivity index (χ2v) is 5.17. The third kappa shape index (κ3) is 1.95. The number of aromatic hydroxyl groups is 1. The van der Waals surface area contributed by atoms with Crippen LogP contribution in [0, 0.1) is 13.8 Å². The summed E-state index contributed by atoms with van der Waals surface area (Å²) in [6.45, 7) is 6.93. The highest BCUT2D eigenvalue weighted by atomic mass is 16.3. The van der Waals surface area contributed by atoms with Gasteiger partial charge in [0.1, 0.15) is 11.6 Å². The van der Waals surface area contributed by atoms with Gasteiger partial charge in [-0.15, -0.1) is 0 Å². The zero-order chi connectivity index (χ0) is 14.3. The van der Waals surface area contributed by atoms with E-state index in [2.05, 4.69) is 36.6 Å². The number of phenols is 1. The number of aryl methyl sites for hydroxylation is 3. The number of hydrogen-bond donors (Lipinski definition) is 1. The van der Waals surface area contributed by atoms with Gasteiger partial charge in [-0.05, 0) is 50.1 Å². The van der Waals surface area contributed by atoms with Gasteiger partial charge in [0.25, 0.3) is 0 Å². The van der Waals surface area contributed by atoms with Crippen molar-refractivity contribution < 1.29 is 5.11 Å². The number of rotatable bonds is 2. The number of nitrogens with zero attached hydrogens (tertiary/aromatic N) is 2. The summed E-state index contributed by atoms with van der Waals surface area (Å²) < 4.78 is 2.18. The van der Waals surface area contributed by atoms with Crippen LogP contribution in [-0.2, 0) is 6.54 Å². The first-order valence-corrected chi connectivity index (χ1v) is 6.87. The second-order valence-electron chi connectivity index (χ2n) is 5.17. The standard InChI is InChI=1S/C17H18N2O/c1-4-19-15-8-5-11(2)9-14(15)18-17(19)13-7-6-12(3)16(20)10-13/h5-10,20H,4H2,1-3H3. The van der Waals surface area contributed by atoms with Crippen LogP contribution in [0.4, 0.5) is 0 Å². The largest absolute Gasteiger partial charge is 0.508 e. The topological polar surface area (TPSA) is 38.0 Å². The Kier molecular flexibility index (Phi) is 2.97. The van der Waals surface area contributed by atoms with Crippen molar-refractivity contribution in [3.63, 3.8) is 0 Å². The molecule has 0 saturated carbocycles. The molecular weight excluding hydrogens is 248 g/mol. The Balaban J connectivity index is 2.26. The van der Waals surface area contributed by atoms with E-state index < -0.39 is 0 Å². The van der Waals surface area contributed by atoms with Gasteiger partial charge in [-0.25, -0.2) is 4.98 Å². The van der Waals surface area contributed by atoms with Crippen molar-refractivity contribution in [3.05, 3.63) is 47.5 Å². The second kappa shape index (κ2) is 4.67. The minimum atomic E-state index is 0.313. The molecule has 20 heavy (non-hydrogen) atoms. The van der Waals surface area contributed by atoms with Crippen molar-refractivity contribution in [1.29, 1.82) is 0 Å². The van der Waals surface area contributed by atoms with Crippen LogP contribution >= 0.6 is 0 Å².